The fraction of sp³-hybridized carbons (Fsp3) is 0.278. The van der Waals surface area contributed by atoms with Gasteiger partial charge in [0.05, 0.1) is 17.2 Å². The molecule has 0 spiro atoms. The predicted molar refractivity (Wildman–Crippen MR) is 91.6 cm³/mol. The highest BCUT2D eigenvalue weighted by Crippen LogP contribution is 2.26. The van der Waals surface area contributed by atoms with Crippen molar-refractivity contribution < 1.29 is 4.79 Å². The van der Waals surface area contributed by atoms with Crippen molar-refractivity contribution in [2.45, 2.75) is 12.8 Å². The first-order valence-corrected chi connectivity index (χ1v) is 8.69. The first-order valence-electron chi connectivity index (χ1n) is 7.81. The molecule has 116 valence electrons. The predicted octanol–water partition coefficient (Wildman–Crippen LogP) is 3.40. The molecule has 5 heteroatoms. The molecule has 2 aromatic heterocycles. The van der Waals surface area contributed by atoms with Gasteiger partial charge < -0.3 is 4.90 Å². The Kier molecular flexibility index (Phi) is 3.79. The summed E-state index contributed by atoms with van der Waals surface area (Å²) in [6.45, 7) is 1.65. The number of likely N-dealkylation sites (tertiary alicyclic amines) is 1. The van der Waals surface area contributed by atoms with Crippen molar-refractivity contribution >= 4 is 28.1 Å². The fourth-order valence-electron chi connectivity index (χ4n) is 3.30. The lowest BCUT2D eigenvalue weighted by atomic mass is 9.97. The number of fused-ring (bicyclic) bond motifs is 1. The average molecular weight is 323 g/mol. The van der Waals surface area contributed by atoms with E-state index < -0.39 is 0 Å². The zero-order chi connectivity index (χ0) is 15.6. The van der Waals surface area contributed by atoms with Crippen LogP contribution in [0.15, 0.2) is 48.2 Å². The molecule has 0 N–H and O–H groups in total. The van der Waals surface area contributed by atoms with E-state index >= 15 is 0 Å². The molecule has 1 amide bonds. The van der Waals surface area contributed by atoms with Gasteiger partial charge in [0.2, 0.25) is 0 Å². The lowest BCUT2D eigenvalue weighted by Crippen LogP contribution is -2.28. The summed E-state index contributed by atoms with van der Waals surface area (Å²) in [7, 11) is 0. The van der Waals surface area contributed by atoms with Crippen LogP contribution in [0.1, 0.15) is 21.7 Å². The third-order valence-corrected chi connectivity index (χ3v) is 5.20. The van der Waals surface area contributed by atoms with Crippen LogP contribution in [0, 0.1) is 5.92 Å². The van der Waals surface area contributed by atoms with Gasteiger partial charge in [0, 0.05) is 24.7 Å². The Morgan fingerprint density at radius 3 is 3.09 bits per heavy atom. The summed E-state index contributed by atoms with van der Waals surface area (Å²) in [6.07, 6.45) is 5.53. The molecule has 1 saturated heterocycles. The number of nitrogens with zero attached hydrogens (tertiary/aromatic N) is 3. The Morgan fingerprint density at radius 2 is 2.22 bits per heavy atom. The van der Waals surface area contributed by atoms with Gasteiger partial charge in [-0.25, -0.2) is 0 Å². The molecule has 1 unspecified atom stereocenters. The smallest absolute Gasteiger partial charge is 0.265 e. The van der Waals surface area contributed by atoms with Crippen molar-refractivity contribution in [2.75, 3.05) is 13.1 Å². The minimum absolute atomic E-state index is 0.117. The van der Waals surface area contributed by atoms with Gasteiger partial charge in [0.1, 0.15) is 4.88 Å². The van der Waals surface area contributed by atoms with Crippen LogP contribution in [0.4, 0.5) is 0 Å². The number of hydrogen-bond donors (Lipinski definition) is 0. The van der Waals surface area contributed by atoms with E-state index in [0.29, 0.717) is 5.92 Å². The molecule has 1 fully saturated rings. The minimum atomic E-state index is 0.117. The monoisotopic (exact) mass is 323 g/mol. The summed E-state index contributed by atoms with van der Waals surface area (Å²) in [6, 6.07) is 10.4. The van der Waals surface area contributed by atoms with E-state index in [0.717, 1.165) is 36.3 Å². The maximum atomic E-state index is 12.4. The normalized spacial score (nSPS) is 17.7. The lowest BCUT2D eigenvalue weighted by Gasteiger charge is -2.15. The van der Waals surface area contributed by atoms with Crippen molar-refractivity contribution in [3.8, 4) is 0 Å². The topological polar surface area (TPSA) is 46.1 Å². The summed E-state index contributed by atoms with van der Waals surface area (Å²) >= 11 is 1.41. The van der Waals surface area contributed by atoms with Gasteiger partial charge in [-0.05, 0) is 30.4 Å². The van der Waals surface area contributed by atoms with Crippen LogP contribution in [0.5, 0.6) is 0 Å². The Bertz CT molecular complexity index is 826. The van der Waals surface area contributed by atoms with Crippen molar-refractivity contribution in [3.63, 3.8) is 0 Å². The number of thiazole rings is 1. The van der Waals surface area contributed by atoms with Crippen LogP contribution < -0.4 is 0 Å². The quantitative estimate of drug-likeness (QED) is 0.742. The molecule has 0 radical (unpaired) electrons. The Morgan fingerprint density at radius 1 is 1.30 bits per heavy atom. The van der Waals surface area contributed by atoms with Gasteiger partial charge in [-0.15, -0.1) is 11.3 Å². The number of para-hydroxylation sites is 1. The van der Waals surface area contributed by atoms with Crippen LogP contribution in [-0.2, 0) is 6.42 Å². The second-order valence-electron chi connectivity index (χ2n) is 5.97. The zero-order valence-corrected chi connectivity index (χ0v) is 13.5. The number of amides is 1. The summed E-state index contributed by atoms with van der Waals surface area (Å²) in [4.78, 5) is 23.6. The molecule has 0 aliphatic carbocycles. The molecule has 23 heavy (non-hydrogen) atoms. The molecule has 3 aromatic rings. The molecule has 3 heterocycles. The Labute approximate surface area is 138 Å². The SMILES string of the molecule is O=C(c1cncs1)N1CCC(Cc2cccc3cccnc23)C1. The van der Waals surface area contributed by atoms with Crippen molar-refractivity contribution in [3.05, 3.63) is 58.7 Å². The highest BCUT2D eigenvalue weighted by Gasteiger charge is 2.28. The Hall–Kier alpha value is -2.27. The molecule has 4 nitrogen and oxygen atoms in total. The number of aromatic nitrogens is 2. The summed E-state index contributed by atoms with van der Waals surface area (Å²) in [5, 5.41) is 1.18. The number of hydrogen-bond acceptors (Lipinski definition) is 4. The van der Waals surface area contributed by atoms with E-state index in [-0.39, 0.29) is 5.91 Å². The van der Waals surface area contributed by atoms with E-state index in [9.17, 15) is 4.79 Å². The highest BCUT2D eigenvalue weighted by molar-refractivity contribution is 7.11. The van der Waals surface area contributed by atoms with E-state index in [2.05, 4.69) is 34.2 Å². The van der Waals surface area contributed by atoms with Gasteiger partial charge in [0.25, 0.3) is 5.91 Å². The minimum Gasteiger partial charge on any atom is -0.338 e. The van der Waals surface area contributed by atoms with E-state index in [1.807, 2.05) is 17.2 Å². The summed E-state index contributed by atoms with van der Waals surface area (Å²) in [5.41, 5.74) is 4.07. The van der Waals surface area contributed by atoms with Crippen molar-refractivity contribution in [2.24, 2.45) is 5.92 Å². The van der Waals surface area contributed by atoms with Gasteiger partial charge in [0.15, 0.2) is 0 Å². The number of carbonyl (C=O) groups excluding carboxylic acids is 1. The average Bonchev–Trinajstić information content (AvgIpc) is 3.27. The first kappa shape index (κ1) is 14.3. The molecule has 1 aliphatic rings. The molecule has 4 rings (SSSR count). The summed E-state index contributed by atoms with van der Waals surface area (Å²) < 4.78 is 0. The van der Waals surface area contributed by atoms with Crippen LogP contribution in [0.25, 0.3) is 10.9 Å². The first-order chi connectivity index (χ1) is 11.3. The maximum Gasteiger partial charge on any atom is 0.265 e. The van der Waals surface area contributed by atoms with Gasteiger partial charge in [-0.3, -0.25) is 14.8 Å². The number of pyridine rings is 1. The van der Waals surface area contributed by atoms with E-state index in [1.54, 1.807) is 11.7 Å². The largest absolute Gasteiger partial charge is 0.338 e. The zero-order valence-electron chi connectivity index (χ0n) is 12.7. The second-order valence-corrected chi connectivity index (χ2v) is 6.85. The second kappa shape index (κ2) is 6.08. The highest BCUT2D eigenvalue weighted by atomic mass is 32.1. The van der Waals surface area contributed by atoms with Gasteiger partial charge >= 0.3 is 0 Å². The van der Waals surface area contributed by atoms with Crippen molar-refractivity contribution in [1.29, 1.82) is 0 Å². The molecule has 0 saturated carbocycles. The van der Waals surface area contributed by atoms with Crippen LogP contribution in [0.2, 0.25) is 0 Å². The maximum absolute atomic E-state index is 12.4. The number of carbonyl (C=O) groups is 1. The number of rotatable bonds is 3. The molecule has 1 atom stereocenters. The van der Waals surface area contributed by atoms with Crippen LogP contribution in [-0.4, -0.2) is 33.9 Å². The lowest BCUT2D eigenvalue weighted by molar-refractivity contribution is 0.0791. The molecular weight excluding hydrogens is 306 g/mol. The van der Waals surface area contributed by atoms with Crippen LogP contribution >= 0.6 is 11.3 Å². The molecule has 0 bridgehead atoms. The van der Waals surface area contributed by atoms with Crippen LogP contribution in [0.3, 0.4) is 0 Å². The fourth-order valence-corrected chi connectivity index (χ4v) is 3.89. The molecule has 1 aliphatic heterocycles. The third kappa shape index (κ3) is 2.84. The van der Waals surface area contributed by atoms with Gasteiger partial charge in [-0.1, -0.05) is 24.3 Å². The van der Waals surface area contributed by atoms with E-state index in [1.165, 1.54) is 22.3 Å². The number of benzene rings is 1. The standard InChI is InChI=1S/C18H17N3OS/c22-18(16-10-19-12-23-16)21-8-6-13(11-21)9-15-4-1-3-14-5-2-7-20-17(14)15/h1-5,7,10,12-13H,6,8-9,11H2. The van der Waals surface area contributed by atoms with Gasteiger partial charge in [-0.2, -0.15) is 0 Å². The molecular formula is C18H17N3OS. The third-order valence-electron chi connectivity index (χ3n) is 4.44. The Balaban J connectivity index is 1.49. The summed E-state index contributed by atoms with van der Waals surface area (Å²) in [5.74, 6) is 0.616. The van der Waals surface area contributed by atoms with Crippen molar-refractivity contribution in [1.82, 2.24) is 14.9 Å². The van der Waals surface area contributed by atoms with E-state index in [4.69, 9.17) is 0 Å². The molecule has 1 aromatic carbocycles.